The number of aromatic nitrogens is 1. The molecule has 1 heterocycles. The maximum absolute atomic E-state index is 11.5. The zero-order valence-electron chi connectivity index (χ0n) is 9.64. The Kier molecular flexibility index (Phi) is 4.45. The number of rotatable bonds is 4. The van der Waals surface area contributed by atoms with E-state index in [4.69, 9.17) is 4.74 Å². The molecule has 0 fully saturated rings. The standard InChI is InChI=1S/C11H14N2O4/c1-7(2)17-9(15)6-13-11(16)10-8(14)4-3-5-12-10/h3-5,7,14H,6H2,1-2H3,(H,13,16). The summed E-state index contributed by atoms with van der Waals surface area (Å²) in [6, 6.07) is 2.84. The van der Waals surface area contributed by atoms with Crippen LogP contribution in [-0.4, -0.2) is 34.6 Å². The number of ether oxygens (including phenoxy) is 1. The Labute approximate surface area is 98.6 Å². The summed E-state index contributed by atoms with van der Waals surface area (Å²) in [5, 5.41) is 11.7. The van der Waals surface area contributed by atoms with Gasteiger partial charge in [-0.25, -0.2) is 4.98 Å². The van der Waals surface area contributed by atoms with Crippen LogP contribution in [0.5, 0.6) is 5.75 Å². The zero-order chi connectivity index (χ0) is 12.8. The first-order valence-electron chi connectivity index (χ1n) is 5.12. The molecule has 0 saturated carbocycles. The van der Waals surface area contributed by atoms with Gasteiger partial charge in [-0.2, -0.15) is 0 Å². The maximum atomic E-state index is 11.5. The van der Waals surface area contributed by atoms with Gasteiger partial charge in [0, 0.05) is 6.20 Å². The first-order valence-corrected chi connectivity index (χ1v) is 5.12. The van der Waals surface area contributed by atoms with E-state index in [1.165, 1.54) is 18.3 Å². The number of aromatic hydroxyl groups is 1. The molecule has 0 aliphatic carbocycles. The van der Waals surface area contributed by atoms with Gasteiger partial charge in [0.05, 0.1) is 6.10 Å². The second kappa shape index (κ2) is 5.83. The van der Waals surface area contributed by atoms with Crippen LogP contribution >= 0.6 is 0 Å². The Morgan fingerprint density at radius 1 is 1.53 bits per heavy atom. The van der Waals surface area contributed by atoms with Gasteiger partial charge in [0.1, 0.15) is 12.3 Å². The molecule has 2 N–H and O–H groups in total. The van der Waals surface area contributed by atoms with Crippen LogP contribution in [0.4, 0.5) is 0 Å². The second-order valence-corrected chi connectivity index (χ2v) is 3.59. The van der Waals surface area contributed by atoms with Crippen LogP contribution in [0.15, 0.2) is 18.3 Å². The number of nitrogens with one attached hydrogen (secondary N) is 1. The Hall–Kier alpha value is -2.11. The predicted octanol–water partition coefficient (Wildman–Crippen LogP) is 0.469. The lowest BCUT2D eigenvalue weighted by Gasteiger charge is -2.08. The number of amides is 1. The molecule has 1 aromatic heterocycles. The molecule has 1 rings (SSSR count). The molecule has 0 atom stereocenters. The van der Waals surface area contributed by atoms with Crippen molar-refractivity contribution in [2.24, 2.45) is 0 Å². The smallest absolute Gasteiger partial charge is 0.325 e. The summed E-state index contributed by atoms with van der Waals surface area (Å²) in [6.45, 7) is 3.17. The summed E-state index contributed by atoms with van der Waals surface area (Å²) in [5.41, 5.74) is -0.121. The third-order valence-electron chi connectivity index (χ3n) is 1.76. The van der Waals surface area contributed by atoms with Gasteiger partial charge in [0.2, 0.25) is 0 Å². The Morgan fingerprint density at radius 2 is 2.24 bits per heavy atom. The largest absolute Gasteiger partial charge is 0.505 e. The van der Waals surface area contributed by atoms with Crippen LogP contribution in [0.3, 0.4) is 0 Å². The lowest BCUT2D eigenvalue weighted by molar-refractivity contribution is -0.146. The Bertz CT molecular complexity index is 418. The number of hydrogen-bond donors (Lipinski definition) is 2. The summed E-state index contributed by atoms with van der Waals surface area (Å²) in [4.78, 5) is 26.4. The summed E-state index contributed by atoms with van der Waals surface area (Å²) >= 11 is 0. The van der Waals surface area contributed by atoms with Crippen molar-refractivity contribution >= 4 is 11.9 Å². The summed E-state index contributed by atoms with van der Waals surface area (Å²) in [5.74, 6) is -1.39. The highest BCUT2D eigenvalue weighted by Crippen LogP contribution is 2.11. The summed E-state index contributed by atoms with van der Waals surface area (Å²) < 4.78 is 4.83. The maximum Gasteiger partial charge on any atom is 0.325 e. The normalized spacial score (nSPS) is 10.1. The molecule has 0 unspecified atom stereocenters. The van der Waals surface area contributed by atoms with E-state index in [2.05, 4.69) is 10.3 Å². The van der Waals surface area contributed by atoms with Crippen molar-refractivity contribution in [3.63, 3.8) is 0 Å². The molecule has 0 radical (unpaired) electrons. The van der Waals surface area contributed by atoms with E-state index in [1.54, 1.807) is 13.8 Å². The molecule has 1 aromatic rings. The van der Waals surface area contributed by atoms with E-state index in [0.29, 0.717) is 0 Å². The lowest BCUT2D eigenvalue weighted by atomic mass is 10.3. The van der Waals surface area contributed by atoms with E-state index < -0.39 is 11.9 Å². The average Bonchev–Trinajstić information content (AvgIpc) is 2.25. The van der Waals surface area contributed by atoms with Gasteiger partial charge < -0.3 is 15.2 Å². The summed E-state index contributed by atoms with van der Waals surface area (Å²) in [7, 11) is 0. The van der Waals surface area contributed by atoms with Crippen molar-refractivity contribution < 1.29 is 19.4 Å². The van der Waals surface area contributed by atoms with Crippen LogP contribution in [0.1, 0.15) is 24.3 Å². The molecule has 0 spiro atoms. The van der Waals surface area contributed by atoms with Crippen LogP contribution in [-0.2, 0) is 9.53 Å². The van der Waals surface area contributed by atoms with Gasteiger partial charge >= 0.3 is 5.97 Å². The fraction of sp³-hybridized carbons (Fsp3) is 0.364. The van der Waals surface area contributed by atoms with E-state index in [1.807, 2.05) is 0 Å². The molecule has 0 aliphatic rings. The van der Waals surface area contributed by atoms with Crippen LogP contribution in [0.2, 0.25) is 0 Å². The third kappa shape index (κ3) is 4.10. The summed E-state index contributed by atoms with van der Waals surface area (Å²) in [6.07, 6.45) is 1.14. The molecule has 92 valence electrons. The molecule has 0 aliphatic heterocycles. The first-order chi connectivity index (χ1) is 8.00. The number of esters is 1. The topological polar surface area (TPSA) is 88.5 Å². The Balaban J connectivity index is 2.51. The van der Waals surface area contributed by atoms with Crippen LogP contribution in [0.25, 0.3) is 0 Å². The number of carbonyl (C=O) groups excluding carboxylic acids is 2. The molecule has 0 bridgehead atoms. The van der Waals surface area contributed by atoms with Crippen molar-refractivity contribution in [2.75, 3.05) is 6.54 Å². The number of nitrogens with zero attached hydrogens (tertiary/aromatic N) is 1. The average molecular weight is 238 g/mol. The van der Waals surface area contributed by atoms with E-state index >= 15 is 0 Å². The fourth-order valence-corrected chi connectivity index (χ4v) is 1.11. The molecule has 0 aromatic carbocycles. The van der Waals surface area contributed by atoms with Gasteiger partial charge in [0.15, 0.2) is 5.69 Å². The van der Waals surface area contributed by atoms with E-state index in [0.717, 1.165) is 0 Å². The second-order valence-electron chi connectivity index (χ2n) is 3.59. The fourth-order valence-electron chi connectivity index (χ4n) is 1.11. The number of hydrogen-bond acceptors (Lipinski definition) is 5. The zero-order valence-corrected chi connectivity index (χ0v) is 9.64. The van der Waals surface area contributed by atoms with Gasteiger partial charge in [-0.3, -0.25) is 9.59 Å². The van der Waals surface area contributed by atoms with E-state index in [9.17, 15) is 14.7 Å². The van der Waals surface area contributed by atoms with Gasteiger partial charge in [0.25, 0.3) is 5.91 Å². The number of pyridine rings is 1. The molecule has 17 heavy (non-hydrogen) atoms. The predicted molar refractivity (Wildman–Crippen MR) is 59.5 cm³/mol. The van der Waals surface area contributed by atoms with E-state index in [-0.39, 0.29) is 24.1 Å². The van der Waals surface area contributed by atoms with Crippen molar-refractivity contribution in [3.8, 4) is 5.75 Å². The minimum Gasteiger partial charge on any atom is -0.505 e. The van der Waals surface area contributed by atoms with Gasteiger partial charge in [-0.15, -0.1) is 0 Å². The highest BCUT2D eigenvalue weighted by atomic mass is 16.5. The lowest BCUT2D eigenvalue weighted by Crippen LogP contribution is -2.32. The van der Waals surface area contributed by atoms with Crippen molar-refractivity contribution in [1.29, 1.82) is 0 Å². The Morgan fingerprint density at radius 3 is 2.82 bits per heavy atom. The number of carbonyl (C=O) groups is 2. The molecule has 6 heteroatoms. The van der Waals surface area contributed by atoms with Crippen molar-refractivity contribution in [1.82, 2.24) is 10.3 Å². The third-order valence-corrected chi connectivity index (χ3v) is 1.76. The van der Waals surface area contributed by atoms with Gasteiger partial charge in [-0.05, 0) is 26.0 Å². The van der Waals surface area contributed by atoms with Crippen molar-refractivity contribution in [2.45, 2.75) is 20.0 Å². The molecule has 1 amide bonds. The quantitative estimate of drug-likeness (QED) is 0.744. The van der Waals surface area contributed by atoms with Crippen LogP contribution in [0, 0.1) is 0 Å². The molecule has 6 nitrogen and oxygen atoms in total. The molecular weight excluding hydrogens is 224 g/mol. The van der Waals surface area contributed by atoms with Crippen molar-refractivity contribution in [3.05, 3.63) is 24.0 Å². The molecule has 0 saturated heterocycles. The van der Waals surface area contributed by atoms with Crippen LogP contribution < -0.4 is 5.32 Å². The highest BCUT2D eigenvalue weighted by molar-refractivity contribution is 5.96. The minimum atomic E-state index is -0.621. The SMILES string of the molecule is CC(C)OC(=O)CNC(=O)c1ncccc1O. The highest BCUT2D eigenvalue weighted by Gasteiger charge is 2.14. The monoisotopic (exact) mass is 238 g/mol. The minimum absolute atomic E-state index is 0.121. The molecular formula is C11H14N2O4. The van der Waals surface area contributed by atoms with Gasteiger partial charge in [-0.1, -0.05) is 0 Å². The first kappa shape index (κ1) is 13.0.